The van der Waals surface area contributed by atoms with E-state index in [2.05, 4.69) is 0 Å². The van der Waals surface area contributed by atoms with E-state index in [1.807, 2.05) is 65.0 Å². The Kier molecular flexibility index (Phi) is 18.8. The molecule has 1 amide bonds. The number of hydrogen-bond acceptors (Lipinski definition) is 10. The van der Waals surface area contributed by atoms with E-state index in [0.717, 1.165) is 18.4 Å². The number of rotatable bonds is 3. The third kappa shape index (κ3) is 14.6. The van der Waals surface area contributed by atoms with Gasteiger partial charge in [0.05, 0.1) is 30.8 Å². The van der Waals surface area contributed by atoms with Crippen LogP contribution in [0.5, 0.6) is 0 Å². The van der Waals surface area contributed by atoms with Crippen LogP contribution in [0.2, 0.25) is 0 Å². The topological polar surface area (TPSA) is 171 Å². The summed E-state index contributed by atoms with van der Waals surface area (Å²) in [6.45, 7) is 13.4. The lowest BCUT2D eigenvalue weighted by atomic mass is 9.79. The van der Waals surface area contributed by atoms with Gasteiger partial charge in [-0.15, -0.1) is 0 Å². The molecule has 0 aromatic rings. The summed E-state index contributed by atoms with van der Waals surface area (Å²) < 4.78 is 12.5. The summed E-state index contributed by atoms with van der Waals surface area (Å²) in [6.07, 6.45) is 15.0. The lowest BCUT2D eigenvalue weighted by molar-refractivity contribution is -0.283. The molecule has 0 aromatic carbocycles. The fraction of sp³-hybridized carbons (Fsp3) is 0.750. The van der Waals surface area contributed by atoms with Gasteiger partial charge < -0.3 is 34.8 Å². The van der Waals surface area contributed by atoms with E-state index < -0.39 is 54.0 Å². The largest absolute Gasteiger partial charge is 0.460 e. The molecule has 1 aliphatic carbocycles. The maximum absolute atomic E-state index is 14.2. The average Bonchev–Trinajstić information content (AvgIpc) is 3.18. The van der Waals surface area contributed by atoms with Crippen LogP contribution < -0.4 is 0 Å². The first kappa shape index (κ1) is 48.7. The fourth-order valence-corrected chi connectivity index (χ4v) is 9.32. The van der Waals surface area contributed by atoms with E-state index in [4.69, 9.17) is 9.47 Å². The Hall–Kier alpha value is -2.96. The molecule has 4 N–H and O–H groups in total. The minimum absolute atomic E-state index is 0.0481. The van der Waals surface area contributed by atoms with E-state index in [-0.39, 0.29) is 67.0 Å². The van der Waals surface area contributed by atoms with Crippen molar-refractivity contribution in [2.45, 2.75) is 187 Å². The number of cyclic esters (lactones) is 1. The van der Waals surface area contributed by atoms with Crippen LogP contribution in [-0.4, -0.2) is 97.7 Å². The maximum Gasteiger partial charge on any atom is 0.329 e. The molecule has 4 aliphatic rings. The van der Waals surface area contributed by atoms with Gasteiger partial charge in [-0.05, 0) is 113 Å². The molecule has 4 rings (SSSR count). The van der Waals surface area contributed by atoms with Crippen molar-refractivity contribution < 1.29 is 49.1 Å². The Morgan fingerprint density at radius 2 is 1.53 bits per heavy atom. The number of piperidine rings is 1. The second-order valence-electron chi connectivity index (χ2n) is 18.8. The zero-order valence-corrected chi connectivity index (χ0v) is 36.9. The van der Waals surface area contributed by atoms with Gasteiger partial charge in [0.15, 0.2) is 5.79 Å². The second-order valence-corrected chi connectivity index (χ2v) is 18.8. The number of ether oxygens (including phenoxy) is 2. The molecule has 2 saturated heterocycles. The SMILES string of the molecule is C/C1=C\[C@@H](C)C(=O)C[C@@H]([C@H](C)CC2CCC(O)CC2)OC(=O)[C@@H]2CCCCN2C(=O)C[C@]2(O)O[C@@H](CC[C@H]2C)C[C@H](O)/C(C)=C/C=C/C=C/[C@@H](C)C[C@@H](C)C(=O)C[C@@H]1O. The van der Waals surface area contributed by atoms with Crippen LogP contribution in [0.1, 0.15) is 145 Å². The number of carbonyl (C=O) groups excluding carboxylic acids is 4. The second kappa shape index (κ2) is 22.8. The molecule has 11 heteroatoms. The number of aliphatic hydroxyl groups excluding tert-OH is 3. The summed E-state index contributed by atoms with van der Waals surface area (Å²) >= 11 is 0. The molecule has 332 valence electrons. The van der Waals surface area contributed by atoms with Gasteiger partial charge >= 0.3 is 5.97 Å². The number of hydrogen-bond donors (Lipinski definition) is 4. The zero-order chi connectivity index (χ0) is 43.4. The van der Waals surface area contributed by atoms with Gasteiger partial charge in [-0.25, -0.2) is 4.79 Å². The zero-order valence-electron chi connectivity index (χ0n) is 36.9. The molecule has 3 aliphatic heterocycles. The Balaban J connectivity index is 1.61. The number of allylic oxidation sites excluding steroid dienone is 6. The van der Waals surface area contributed by atoms with Crippen molar-refractivity contribution in [3.63, 3.8) is 0 Å². The van der Waals surface area contributed by atoms with Crippen molar-refractivity contribution in [2.75, 3.05) is 6.54 Å². The lowest BCUT2D eigenvalue weighted by Crippen LogP contribution is -2.54. The molecule has 0 aromatic heterocycles. The van der Waals surface area contributed by atoms with Crippen LogP contribution in [0.25, 0.3) is 0 Å². The standard InChI is InChI=1S/C48H75NO10/c1-30-13-9-8-10-14-31(2)41(51)26-39-21-16-36(7)48(57,59-39)29-46(55)49-22-12-11-15-40(49)47(56)58-45(35(6)25-37-17-19-38(50)20-18-37)28-44(54)34(5)24-33(4)43(53)27-42(52)32(3)23-30/h8-10,13-14,24,30,32,34-41,43,45,50-51,53,57H,11-12,15-23,25-29H2,1-7H3/b10-8+,13-9+,31-14+,33-24+/t30-,32-,34-,35-,36-,37?,38?,39+,40+,41+,43+,45+,48+/m1/s1. The number of amides is 1. The van der Waals surface area contributed by atoms with Gasteiger partial charge in [0, 0.05) is 43.6 Å². The molecule has 2 bridgehead atoms. The number of aliphatic hydroxyl groups is 4. The van der Waals surface area contributed by atoms with Crippen LogP contribution in [0, 0.1) is 35.5 Å². The van der Waals surface area contributed by atoms with E-state index >= 15 is 0 Å². The Morgan fingerprint density at radius 3 is 2.24 bits per heavy atom. The first-order chi connectivity index (χ1) is 27.9. The van der Waals surface area contributed by atoms with E-state index in [0.29, 0.717) is 75.8 Å². The summed E-state index contributed by atoms with van der Waals surface area (Å²) in [5.41, 5.74) is 1.26. The quantitative estimate of drug-likeness (QED) is 0.170. The van der Waals surface area contributed by atoms with Crippen LogP contribution in [0.4, 0.5) is 0 Å². The average molecular weight is 826 g/mol. The van der Waals surface area contributed by atoms with Crippen LogP contribution in [-0.2, 0) is 28.7 Å². The minimum Gasteiger partial charge on any atom is -0.460 e. The molecule has 59 heavy (non-hydrogen) atoms. The Labute approximate surface area is 353 Å². The third-order valence-corrected chi connectivity index (χ3v) is 13.6. The van der Waals surface area contributed by atoms with Crippen molar-refractivity contribution in [3.8, 4) is 0 Å². The highest BCUT2D eigenvalue weighted by Crippen LogP contribution is 2.38. The van der Waals surface area contributed by atoms with Crippen LogP contribution >= 0.6 is 0 Å². The van der Waals surface area contributed by atoms with Gasteiger partial charge in [0.2, 0.25) is 5.91 Å². The Bertz CT molecular complexity index is 1540. The van der Waals surface area contributed by atoms with Gasteiger partial charge in [-0.2, -0.15) is 0 Å². The third-order valence-electron chi connectivity index (χ3n) is 13.6. The molecule has 11 atom stereocenters. The van der Waals surface area contributed by atoms with Gasteiger partial charge in [0.1, 0.15) is 23.7 Å². The monoisotopic (exact) mass is 826 g/mol. The molecule has 0 radical (unpaired) electrons. The molecular formula is C48H75NO10. The molecule has 0 spiro atoms. The smallest absolute Gasteiger partial charge is 0.329 e. The normalized spacial score (nSPS) is 40.7. The van der Waals surface area contributed by atoms with Crippen molar-refractivity contribution in [1.82, 2.24) is 4.90 Å². The predicted molar refractivity (Wildman–Crippen MR) is 228 cm³/mol. The summed E-state index contributed by atoms with van der Waals surface area (Å²) in [5, 5.41) is 44.1. The maximum atomic E-state index is 14.2. The number of Topliss-reactive ketones (excluding diaryl/α,β-unsaturated/α-hetero) is 2. The number of fused-ring (bicyclic) bond motifs is 3. The molecule has 11 nitrogen and oxygen atoms in total. The predicted octanol–water partition coefficient (Wildman–Crippen LogP) is 7.10. The van der Waals surface area contributed by atoms with E-state index in [1.54, 1.807) is 19.9 Å². The summed E-state index contributed by atoms with van der Waals surface area (Å²) in [5.74, 6) is -3.98. The highest BCUT2D eigenvalue weighted by atomic mass is 16.6. The number of esters is 1. The molecule has 1 saturated carbocycles. The van der Waals surface area contributed by atoms with Crippen molar-refractivity contribution in [2.24, 2.45) is 35.5 Å². The van der Waals surface area contributed by atoms with E-state index in [9.17, 15) is 39.6 Å². The van der Waals surface area contributed by atoms with Crippen molar-refractivity contribution in [1.29, 1.82) is 0 Å². The summed E-state index contributed by atoms with van der Waals surface area (Å²) in [7, 11) is 0. The van der Waals surface area contributed by atoms with Gasteiger partial charge in [-0.3, -0.25) is 14.4 Å². The summed E-state index contributed by atoms with van der Waals surface area (Å²) in [4.78, 5) is 56.8. The highest BCUT2D eigenvalue weighted by molar-refractivity contribution is 5.86. The molecule has 3 heterocycles. The summed E-state index contributed by atoms with van der Waals surface area (Å²) in [6, 6.07) is -0.879. The first-order valence-electron chi connectivity index (χ1n) is 22.6. The van der Waals surface area contributed by atoms with E-state index in [1.165, 1.54) is 4.90 Å². The molecule has 0 unspecified atom stereocenters. The number of ketones is 2. The van der Waals surface area contributed by atoms with Crippen molar-refractivity contribution >= 4 is 23.4 Å². The number of carbonyl (C=O) groups is 4. The van der Waals surface area contributed by atoms with Crippen LogP contribution in [0.15, 0.2) is 47.6 Å². The number of nitrogens with zero attached hydrogens (tertiary/aromatic N) is 1. The first-order valence-corrected chi connectivity index (χ1v) is 22.6. The van der Waals surface area contributed by atoms with Crippen LogP contribution in [0.3, 0.4) is 0 Å². The van der Waals surface area contributed by atoms with Gasteiger partial charge in [0.25, 0.3) is 0 Å². The van der Waals surface area contributed by atoms with Crippen molar-refractivity contribution in [3.05, 3.63) is 47.6 Å². The molecule has 3 fully saturated rings. The molecular weight excluding hydrogens is 751 g/mol. The lowest BCUT2D eigenvalue weighted by Gasteiger charge is -2.44. The minimum atomic E-state index is -1.78. The van der Waals surface area contributed by atoms with Gasteiger partial charge in [-0.1, -0.05) is 71.1 Å². The Morgan fingerprint density at radius 1 is 0.814 bits per heavy atom. The fourth-order valence-electron chi connectivity index (χ4n) is 9.32. The highest BCUT2D eigenvalue weighted by Gasteiger charge is 2.46.